The van der Waals surface area contributed by atoms with Gasteiger partial charge in [-0.3, -0.25) is 4.79 Å². The molecule has 0 bridgehead atoms. The zero-order chi connectivity index (χ0) is 21.5. The lowest BCUT2D eigenvalue weighted by molar-refractivity contribution is -0.112. The van der Waals surface area contributed by atoms with Crippen LogP contribution in [0.3, 0.4) is 0 Å². The molecule has 1 saturated heterocycles. The van der Waals surface area contributed by atoms with E-state index in [1.807, 2.05) is 13.8 Å². The molecule has 1 aromatic rings. The number of ether oxygens (including phenoxy) is 1. The van der Waals surface area contributed by atoms with Crippen LogP contribution < -0.4 is 20.3 Å². The fraction of sp³-hybridized carbons (Fsp3) is 0.381. The van der Waals surface area contributed by atoms with Crippen molar-refractivity contribution < 1.29 is 18.3 Å². The first kappa shape index (κ1) is 20.1. The molecular weight excluding hydrogens is 392 g/mol. The minimum atomic E-state index is -1.59. The van der Waals surface area contributed by atoms with Crippen molar-refractivity contribution in [2.45, 2.75) is 38.2 Å². The zero-order valence-electron chi connectivity index (χ0n) is 16.7. The van der Waals surface area contributed by atoms with Crippen LogP contribution in [-0.2, 0) is 11.2 Å². The standard InChI is InChI=1S/C21H23F2N5O2/c1-21(2)8-12-6-16(27-20(29)13(9-24)19-25-4-3-5-26-19)17(7-18(12)30-21)28-10-14(22)15(23)11-28/h3-7,9,14-15,24-25H,8,10-11H2,1-2H3,(H,27,29)/b19-13-,24-9?/t14-,15+. The number of alkyl halides is 2. The molecule has 0 unspecified atom stereocenters. The highest BCUT2D eigenvalue weighted by Gasteiger charge is 2.37. The van der Waals surface area contributed by atoms with E-state index < -0.39 is 23.9 Å². The van der Waals surface area contributed by atoms with Gasteiger partial charge in [0.2, 0.25) is 0 Å². The molecule has 0 spiro atoms. The highest BCUT2D eigenvalue weighted by atomic mass is 19.2. The van der Waals surface area contributed by atoms with Gasteiger partial charge in [-0.15, -0.1) is 0 Å². The molecule has 158 valence electrons. The van der Waals surface area contributed by atoms with Gasteiger partial charge in [0.25, 0.3) is 5.91 Å². The summed E-state index contributed by atoms with van der Waals surface area (Å²) in [4.78, 5) is 18.6. The van der Waals surface area contributed by atoms with E-state index in [-0.39, 0.29) is 24.5 Å². The third-order valence-electron chi connectivity index (χ3n) is 5.20. The van der Waals surface area contributed by atoms with Gasteiger partial charge >= 0.3 is 0 Å². The van der Waals surface area contributed by atoms with Crippen molar-refractivity contribution in [2.75, 3.05) is 23.3 Å². The third-order valence-corrected chi connectivity index (χ3v) is 5.20. The van der Waals surface area contributed by atoms with E-state index in [0.717, 1.165) is 11.8 Å². The van der Waals surface area contributed by atoms with Crippen molar-refractivity contribution >= 4 is 29.7 Å². The van der Waals surface area contributed by atoms with Gasteiger partial charge in [0.05, 0.1) is 30.0 Å². The summed E-state index contributed by atoms with van der Waals surface area (Å²) < 4.78 is 33.7. The number of anilines is 2. The quantitative estimate of drug-likeness (QED) is 0.521. The van der Waals surface area contributed by atoms with Crippen LogP contribution in [0.2, 0.25) is 0 Å². The minimum Gasteiger partial charge on any atom is -0.487 e. The second-order valence-electron chi connectivity index (χ2n) is 8.09. The maximum absolute atomic E-state index is 13.9. The van der Waals surface area contributed by atoms with Gasteiger partial charge in [-0.1, -0.05) is 0 Å². The van der Waals surface area contributed by atoms with E-state index in [2.05, 4.69) is 15.6 Å². The second-order valence-corrected chi connectivity index (χ2v) is 8.09. The zero-order valence-corrected chi connectivity index (χ0v) is 16.7. The lowest BCUT2D eigenvalue weighted by Gasteiger charge is -2.23. The topological polar surface area (TPSA) is 89.8 Å². The maximum Gasteiger partial charge on any atom is 0.261 e. The molecule has 1 aromatic carbocycles. The lowest BCUT2D eigenvalue weighted by atomic mass is 10.0. The Morgan fingerprint density at radius 2 is 2.10 bits per heavy atom. The van der Waals surface area contributed by atoms with E-state index in [4.69, 9.17) is 10.1 Å². The van der Waals surface area contributed by atoms with Gasteiger partial charge in [-0.05, 0) is 26.0 Å². The van der Waals surface area contributed by atoms with Crippen LogP contribution in [0.5, 0.6) is 5.75 Å². The average molecular weight is 415 g/mol. The Morgan fingerprint density at radius 3 is 2.73 bits per heavy atom. The van der Waals surface area contributed by atoms with E-state index in [9.17, 15) is 13.6 Å². The lowest BCUT2D eigenvalue weighted by Crippen LogP contribution is -2.25. The molecular formula is C21H23F2N5O2. The number of rotatable bonds is 4. The average Bonchev–Trinajstić information content (AvgIpc) is 3.19. The Hall–Kier alpha value is -3.23. The number of aliphatic imine (C=N–C) groups is 1. The van der Waals surface area contributed by atoms with Crippen LogP contribution in [0.1, 0.15) is 19.4 Å². The molecule has 3 aliphatic rings. The van der Waals surface area contributed by atoms with Crippen LogP contribution in [0.15, 0.2) is 40.8 Å². The van der Waals surface area contributed by atoms with Gasteiger partial charge < -0.3 is 25.7 Å². The predicted molar refractivity (Wildman–Crippen MR) is 112 cm³/mol. The molecule has 0 saturated carbocycles. The van der Waals surface area contributed by atoms with Gasteiger partial charge in [-0.25, -0.2) is 13.8 Å². The molecule has 2 atom stereocenters. The van der Waals surface area contributed by atoms with Crippen LogP contribution in [0.4, 0.5) is 20.2 Å². The molecule has 4 rings (SSSR count). The predicted octanol–water partition coefficient (Wildman–Crippen LogP) is 2.88. The minimum absolute atomic E-state index is 0.0341. The number of nitrogens with one attached hydrogen (secondary N) is 3. The number of carbonyl (C=O) groups is 1. The van der Waals surface area contributed by atoms with E-state index in [1.54, 1.807) is 29.3 Å². The van der Waals surface area contributed by atoms with Gasteiger partial charge in [-0.2, -0.15) is 0 Å². The number of carbonyl (C=O) groups excluding carboxylic acids is 1. The number of fused-ring (bicyclic) bond motifs is 1. The Morgan fingerprint density at radius 1 is 1.37 bits per heavy atom. The van der Waals surface area contributed by atoms with Gasteiger partial charge in [0.1, 0.15) is 17.2 Å². The van der Waals surface area contributed by atoms with Crippen LogP contribution >= 0.6 is 0 Å². The normalized spacial score (nSPS) is 25.4. The third kappa shape index (κ3) is 3.79. The van der Waals surface area contributed by atoms with Crippen molar-refractivity contribution in [2.24, 2.45) is 4.99 Å². The van der Waals surface area contributed by atoms with E-state index in [1.165, 1.54) is 6.21 Å². The highest BCUT2D eigenvalue weighted by Crippen LogP contribution is 2.42. The molecule has 3 heterocycles. The largest absolute Gasteiger partial charge is 0.487 e. The summed E-state index contributed by atoms with van der Waals surface area (Å²) in [7, 11) is 0. The number of nitrogens with zero attached hydrogens (tertiary/aromatic N) is 2. The van der Waals surface area contributed by atoms with Crippen molar-refractivity contribution in [3.8, 4) is 5.75 Å². The fourth-order valence-corrected chi connectivity index (χ4v) is 3.83. The number of halogens is 2. The van der Waals surface area contributed by atoms with Gasteiger partial charge in [0.15, 0.2) is 12.3 Å². The Balaban J connectivity index is 1.70. The van der Waals surface area contributed by atoms with Crippen LogP contribution in [0, 0.1) is 5.41 Å². The van der Waals surface area contributed by atoms with Crippen molar-refractivity contribution in [1.29, 1.82) is 5.41 Å². The molecule has 3 N–H and O–H groups in total. The number of amides is 1. The van der Waals surface area contributed by atoms with Crippen LogP contribution in [0.25, 0.3) is 0 Å². The number of allylic oxidation sites excluding steroid dienone is 1. The smallest absolute Gasteiger partial charge is 0.261 e. The monoisotopic (exact) mass is 415 g/mol. The summed E-state index contributed by atoms with van der Waals surface area (Å²) in [5.74, 6) is 0.332. The molecule has 9 heteroatoms. The summed E-state index contributed by atoms with van der Waals surface area (Å²) in [5, 5.41) is 13.3. The van der Waals surface area contributed by atoms with Crippen molar-refractivity contribution in [1.82, 2.24) is 5.32 Å². The Kier molecular flexibility index (Phi) is 5.05. The molecule has 1 amide bonds. The summed E-state index contributed by atoms with van der Waals surface area (Å²) in [6.45, 7) is 3.68. The first-order valence-corrected chi connectivity index (χ1v) is 9.68. The van der Waals surface area contributed by atoms with Crippen molar-refractivity contribution in [3.05, 3.63) is 41.4 Å². The SMILES string of the molecule is CC1(C)Cc2cc(NC(=O)/C(C=N)=C3\N=CC=CN3)c(N3C[C@@H](F)[C@@H](F)C3)cc2O1. The number of hydrogen-bond acceptors (Lipinski definition) is 6. The fourth-order valence-electron chi connectivity index (χ4n) is 3.83. The molecule has 0 radical (unpaired) electrons. The summed E-state index contributed by atoms with van der Waals surface area (Å²) in [6, 6.07) is 3.50. The van der Waals surface area contributed by atoms with Crippen LogP contribution in [-0.4, -0.2) is 49.4 Å². The number of benzene rings is 1. The second kappa shape index (κ2) is 7.55. The summed E-state index contributed by atoms with van der Waals surface area (Å²) in [5.41, 5.74) is 1.42. The Bertz CT molecular complexity index is 976. The first-order chi connectivity index (χ1) is 14.3. The van der Waals surface area contributed by atoms with E-state index >= 15 is 0 Å². The Labute approximate surface area is 173 Å². The summed E-state index contributed by atoms with van der Waals surface area (Å²) >= 11 is 0. The highest BCUT2D eigenvalue weighted by molar-refractivity contribution is 6.18. The molecule has 3 aliphatic heterocycles. The number of hydrogen-bond donors (Lipinski definition) is 3. The molecule has 30 heavy (non-hydrogen) atoms. The molecule has 7 nitrogen and oxygen atoms in total. The first-order valence-electron chi connectivity index (χ1n) is 9.68. The summed E-state index contributed by atoms with van der Waals surface area (Å²) in [6.07, 6.45) is 3.15. The molecule has 0 aliphatic carbocycles. The molecule has 1 fully saturated rings. The van der Waals surface area contributed by atoms with Crippen molar-refractivity contribution in [3.63, 3.8) is 0 Å². The molecule has 0 aromatic heterocycles. The van der Waals surface area contributed by atoms with Gasteiger partial charge in [0, 0.05) is 36.7 Å². The van der Waals surface area contributed by atoms with E-state index in [0.29, 0.717) is 23.5 Å². The maximum atomic E-state index is 13.9.